The number of carbonyl (C=O) groups is 1. The van der Waals surface area contributed by atoms with Gasteiger partial charge in [0, 0.05) is 26.6 Å². The Balaban J connectivity index is 1.49. The molecule has 0 atom stereocenters. The molecule has 5 rings (SSSR count). The average molecular weight is 471 g/mol. The van der Waals surface area contributed by atoms with E-state index in [-0.39, 0.29) is 5.91 Å². The molecule has 0 bridgehead atoms. The summed E-state index contributed by atoms with van der Waals surface area (Å²) in [6.07, 6.45) is 0.658. The summed E-state index contributed by atoms with van der Waals surface area (Å²) in [4.78, 5) is 27.4. The smallest absolute Gasteiger partial charge is 0.264 e. The zero-order valence-corrected chi connectivity index (χ0v) is 20.1. The molecule has 0 N–H and O–H groups in total. The number of thiophene rings is 1. The minimum Gasteiger partial charge on any atom is -0.438 e. The van der Waals surface area contributed by atoms with Crippen molar-refractivity contribution in [3.63, 3.8) is 0 Å². The number of carbonyl (C=O) groups excluding carboxylic acids is 1. The topological polar surface area (TPSA) is 58.6 Å². The van der Waals surface area contributed by atoms with E-state index in [0.29, 0.717) is 37.9 Å². The zero-order chi connectivity index (χ0) is 23.5. The molecular formula is C27H26N4O2S. The van der Waals surface area contributed by atoms with Crippen LogP contribution in [0.5, 0.6) is 11.6 Å². The van der Waals surface area contributed by atoms with Gasteiger partial charge in [0.1, 0.15) is 5.75 Å². The molecule has 2 aromatic heterocycles. The van der Waals surface area contributed by atoms with Crippen molar-refractivity contribution in [2.24, 2.45) is 0 Å². The first-order valence-electron chi connectivity index (χ1n) is 11.3. The number of hydrogen-bond acceptors (Lipinski definition) is 6. The van der Waals surface area contributed by atoms with Crippen LogP contribution in [0.15, 0.2) is 72.1 Å². The number of anilines is 1. The van der Waals surface area contributed by atoms with Crippen LogP contribution in [0.1, 0.15) is 32.1 Å². The summed E-state index contributed by atoms with van der Waals surface area (Å²) in [5.74, 6) is 1.91. The highest BCUT2D eigenvalue weighted by molar-refractivity contribution is 7.12. The standard InChI is InChI=1S/C27H26N4O2S/c1-19-9-6-7-12-23(19)33-25-21-18-31(26(32)24-13-8-16-34-24)15-14-22(21)28-27(29-25)30(2)17-20-10-4-3-5-11-20/h3-13,16H,14-15,17-18H2,1-2H3. The molecule has 1 aliphatic rings. The monoisotopic (exact) mass is 470 g/mol. The summed E-state index contributed by atoms with van der Waals surface area (Å²) >= 11 is 1.46. The molecular weight excluding hydrogens is 444 g/mol. The number of amides is 1. The molecule has 0 radical (unpaired) electrons. The van der Waals surface area contributed by atoms with Crippen LogP contribution in [0.2, 0.25) is 0 Å². The molecule has 1 amide bonds. The van der Waals surface area contributed by atoms with Gasteiger partial charge < -0.3 is 14.5 Å². The molecule has 0 aliphatic carbocycles. The van der Waals surface area contributed by atoms with Gasteiger partial charge in [0.15, 0.2) is 0 Å². The van der Waals surface area contributed by atoms with Crippen LogP contribution in [0.25, 0.3) is 0 Å². The van der Waals surface area contributed by atoms with E-state index in [2.05, 4.69) is 12.1 Å². The number of aryl methyl sites for hydroxylation is 1. The number of nitrogens with zero attached hydrogens (tertiary/aromatic N) is 4. The first kappa shape index (κ1) is 22.1. The highest BCUT2D eigenvalue weighted by Gasteiger charge is 2.28. The van der Waals surface area contributed by atoms with E-state index in [1.54, 1.807) is 0 Å². The van der Waals surface area contributed by atoms with Crippen molar-refractivity contribution in [1.29, 1.82) is 0 Å². The average Bonchev–Trinajstić information content (AvgIpc) is 3.40. The van der Waals surface area contributed by atoms with Gasteiger partial charge in [-0.2, -0.15) is 4.98 Å². The first-order valence-corrected chi connectivity index (χ1v) is 12.2. The maximum absolute atomic E-state index is 13.0. The van der Waals surface area contributed by atoms with Gasteiger partial charge in [-0.1, -0.05) is 54.6 Å². The van der Waals surface area contributed by atoms with Crippen molar-refractivity contribution >= 4 is 23.2 Å². The first-order chi connectivity index (χ1) is 16.6. The van der Waals surface area contributed by atoms with Gasteiger partial charge in [0.25, 0.3) is 5.91 Å². The quantitative estimate of drug-likeness (QED) is 0.374. The third-order valence-corrected chi connectivity index (χ3v) is 6.79. The van der Waals surface area contributed by atoms with Crippen LogP contribution in [0.3, 0.4) is 0 Å². The second kappa shape index (κ2) is 9.65. The summed E-state index contributed by atoms with van der Waals surface area (Å²) < 4.78 is 6.35. The van der Waals surface area contributed by atoms with E-state index in [1.807, 2.05) is 83.7 Å². The van der Waals surface area contributed by atoms with Crippen LogP contribution >= 0.6 is 11.3 Å². The SMILES string of the molecule is Cc1ccccc1Oc1nc(N(C)Cc2ccccc2)nc2c1CN(C(=O)c1cccs1)CC2. The minimum absolute atomic E-state index is 0.0350. The van der Waals surface area contributed by atoms with Crippen molar-refractivity contribution in [3.05, 3.63) is 99.4 Å². The lowest BCUT2D eigenvalue weighted by Gasteiger charge is -2.30. The van der Waals surface area contributed by atoms with Gasteiger partial charge in [-0.3, -0.25) is 4.79 Å². The predicted octanol–water partition coefficient (Wildman–Crippen LogP) is 5.47. The molecule has 7 heteroatoms. The molecule has 3 heterocycles. The Bertz CT molecular complexity index is 1290. The fourth-order valence-electron chi connectivity index (χ4n) is 4.06. The fraction of sp³-hybridized carbons (Fsp3) is 0.222. The van der Waals surface area contributed by atoms with Crippen molar-refractivity contribution in [1.82, 2.24) is 14.9 Å². The molecule has 0 unspecified atom stereocenters. The Morgan fingerprint density at radius 1 is 1.06 bits per heavy atom. The van der Waals surface area contributed by atoms with E-state index in [9.17, 15) is 4.79 Å². The summed E-state index contributed by atoms with van der Waals surface area (Å²) in [6.45, 7) is 3.74. The molecule has 0 spiro atoms. The molecule has 0 saturated heterocycles. The number of benzene rings is 2. The van der Waals surface area contributed by atoms with E-state index >= 15 is 0 Å². The van der Waals surface area contributed by atoms with Crippen molar-refractivity contribution in [2.45, 2.75) is 26.4 Å². The maximum atomic E-state index is 13.0. The maximum Gasteiger partial charge on any atom is 0.264 e. The summed E-state index contributed by atoms with van der Waals surface area (Å²) in [7, 11) is 1.99. The fourth-order valence-corrected chi connectivity index (χ4v) is 4.75. The molecule has 1 aliphatic heterocycles. The highest BCUT2D eigenvalue weighted by Crippen LogP contribution is 2.33. The van der Waals surface area contributed by atoms with E-state index in [1.165, 1.54) is 16.9 Å². The number of ether oxygens (including phenoxy) is 1. The van der Waals surface area contributed by atoms with Crippen molar-refractivity contribution in [2.75, 3.05) is 18.5 Å². The lowest BCUT2D eigenvalue weighted by atomic mass is 10.1. The molecule has 4 aromatic rings. The Morgan fingerprint density at radius 2 is 1.85 bits per heavy atom. The van der Waals surface area contributed by atoms with Gasteiger partial charge in [-0.05, 0) is 35.6 Å². The van der Waals surface area contributed by atoms with E-state index in [0.717, 1.165) is 27.4 Å². The van der Waals surface area contributed by atoms with Gasteiger partial charge in [-0.25, -0.2) is 4.98 Å². The summed E-state index contributed by atoms with van der Waals surface area (Å²) in [6, 6.07) is 21.9. The molecule has 6 nitrogen and oxygen atoms in total. The second-order valence-electron chi connectivity index (χ2n) is 8.42. The van der Waals surface area contributed by atoms with Crippen LogP contribution in [-0.2, 0) is 19.5 Å². The number of para-hydroxylation sites is 1. The number of hydrogen-bond donors (Lipinski definition) is 0. The van der Waals surface area contributed by atoms with Gasteiger partial charge in [0.2, 0.25) is 11.8 Å². The third kappa shape index (κ3) is 4.65. The summed E-state index contributed by atoms with van der Waals surface area (Å²) in [5.41, 5.74) is 4.01. The predicted molar refractivity (Wildman–Crippen MR) is 135 cm³/mol. The second-order valence-corrected chi connectivity index (χ2v) is 9.36. The number of rotatable bonds is 6. The Labute approximate surface area is 203 Å². The molecule has 0 saturated carbocycles. The summed E-state index contributed by atoms with van der Waals surface area (Å²) in [5, 5.41) is 1.93. The molecule has 172 valence electrons. The van der Waals surface area contributed by atoms with Gasteiger partial charge >= 0.3 is 0 Å². The lowest BCUT2D eigenvalue weighted by Crippen LogP contribution is -2.36. The van der Waals surface area contributed by atoms with Crippen molar-refractivity contribution < 1.29 is 9.53 Å². The lowest BCUT2D eigenvalue weighted by molar-refractivity contribution is 0.0737. The van der Waals surface area contributed by atoms with E-state index < -0.39 is 0 Å². The Morgan fingerprint density at radius 3 is 2.62 bits per heavy atom. The number of aromatic nitrogens is 2. The molecule has 34 heavy (non-hydrogen) atoms. The van der Waals surface area contributed by atoms with Gasteiger partial charge in [0.05, 0.1) is 22.7 Å². The minimum atomic E-state index is 0.0350. The van der Waals surface area contributed by atoms with Crippen LogP contribution in [-0.4, -0.2) is 34.4 Å². The highest BCUT2D eigenvalue weighted by atomic mass is 32.1. The molecule has 0 fully saturated rings. The van der Waals surface area contributed by atoms with Gasteiger partial charge in [-0.15, -0.1) is 11.3 Å². The number of fused-ring (bicyclic) bond motifs is 1. The van der Waals surface area contributed by atoms with Crippen LogP contribution in [0, 0.1) is 6.92 Å². The van der Waals surface area contributed by atoms with Crippen LogP contribution in [0.4, 0.5) is 5.95 Å². The van der Waals surface area contributed by atoms with Crippen molar-refractivity contribution in [3.8, 4) is 11.6 Å². The van der Waals surface area contributed by atoms with E-state index in [4.69, 9.17) is 14.7 Å². The molecule has 2 aromatic carbocycles. The third-order valence-electron chi connectivity index (χ3n) is 5.93. The zero-order valence-electron chi connectivity index (χ0n) is 19.3. The Hall–Kier alpha value is -3.71. The normalized spacial score (nSPS) is 12.8. The largest absolute Gasteiger partial charge is 0.438 e. The Kier molecular flexibility index (Phi) is 6.27. The van der Waals surface area contributed by atoms with Crippen LogP contribution < -0.4 is 9.64 Å².